The van der Waals surface area contributed by atoms with E-state index in [-0.39, 0.29) is 28.7 Å². The number of hydrogen-bond donors (Lipinski definition) is 2. The summed E-state index contributed by atoms with van der Waals surface area (Å²) in [5.74, 6) is -0.156. The molecule has 0 aromatic carbocycles. The Kier molecular flexibility index (Phi) is 4.38. The van der Waals surface area contributed by atoms with Gasteiger partial charge < -0.3 is 15.5 Å². The Morgan fingerprint density at radius 2 is 1.97 bits per heavy atom. The molecule has 3 N–H and O–H groups in total. The van der Waals surface area contributed by atoms with Crippen molar-refractivity contribution in [1.29, 1.82) is 0 Å². The van der Waals surface area contributed by atoms with Crippen LogP contribution in [-0.4, -0.2) is 35.2 Å². The fraction of sp³-hybridized carbons (Fsp3) is 0.238. The van der Waals surface area contributed by atoms with Crippen LogP contribution in [0.25, 0.3) is 17.2 Å². The number of carbonyl (C=O) groups excluding carboxylic acids is 1. The maximum atomic E-state index is 13.0. The fourth-order valence-electron chi connectivity index (χ4n) is 3.97. The highest BCUT2D eigenvalue weighted by Crippen LogP contribution is 2.44. The van der Waals surface area contributed by atoms with Gasteiger partial charge in [0.05, 0.1) is 22.5 Å². The Balaban J connectivity index is 1.62. The lowest BCUT2D eigenvalue weighted by Crippen LogP contribution is -2.34. The van der Waals surface area contributed by atoms with Gasteiger partial charge in [-0.1, -0.05) is 6.92 Å². The number of amides is 1. The van der Waals surface area contributed by atoms with Gasteiger partial charge >= 0.3 is 6.18 Å². The molecule has 0 aliphatic carbocycles. The van der Waals surface area contributed by atoms with Crippen molar-refractivity contribution in [2.45, 2.75) is 31.9 Å². The summed E-state index contributed by atoms with van der Waals surface area (Å²) in [6.45, 7) is 3.47. The van der Waals surface area contributed by atoms with Crippen molar-refractivity contribution in [3.05, 3.63) is 59.4 Å². The SMILES string of the molecule is CCc1nc(-c2nc(N)c3c(n2)NC(=O)C3(C)c2ccc(C(F)(F)F)cn2)cn2ccnc12. The zero-order valence-electron chi connectivity index (χ0n) is 17.5. The number of aryl methyl sites for hydroxylation is 1. The Morgan fingerprint density at radius 1 is 1.18 bits per heavy atom. The molecule has 1 atom stereocenters. The monoisotopic (exact) mass is 454 g/mol. The highest BCUT2D eigenvalue weighted by atomic mass is 19.4. The lowest BCUT2D eigenvalue weighted by atomic mass is 9.80. The minimum absolute atomic E-state index is 0.00289. The number of halogens is 3. The van der Waals surface area contributed by atoms with Gasteiger partial charge in [0, 0.05) is 24.8 Å². The third kappa shape index (κ3) is 3.09. The van der Waals surface area contributed by atoms with Crippen LogP contribution >= 0.6 is 0 Å². The number of nitrogens with one attached hydrogen (secondary N) is 1. The zero-order chi connectivity index (χ0) is 23.5. The van der Waals surface area contributed by atoms with E-state index in [1.165, 1.54) is 6.92 Å². The standard InChI is InChI=1S/C21H17F3N8O/c1-3-11-18-26-6-7-32(18)9-12(28-11)16-29-15(25)14-17(30-16)31-19(33)20(14,2)13-5-4-10(8-27-13)21(22,23)24/h4-9H,3H2,1-2H3,(H3,25,29,30,31,33). The average molecular weight is 454 g/mol. The Bertz CT molecular complexity index is 1410. The second-order valence-corrected chi connectivity index (χ2v) is 7.75. The van der Waals surface area contributed by atoms with E-state index in [1.807, 2.05) is 6.92 Å². The van der Waals surface area contributed by atoms with E-state index in [1.54, 1.807) is 23.0 Å². The summed E-state index contributed by atoms with van der Waals surface area (Å²) in [6, 6.07) is 2.04. The molecule has 0 spiro atoms. The summed E-state index contributed by atoms with van der Waals surface area (Å²) in [4.78, 5) is 34.5. The van der Waals surface area contributed by atoms with E-state index in [2.05, 4.69) is 30.2 Å². The van der Waals surface area contributed by atoms with Crippen LogP contribution in [0.5, 0.6) is 0 Å². The number of imidazole rings is 1. The molecule has 0 bridgehead atoms. The van der Waals surface area contributed by atoms with Crippen LogP contribution in [0.4, 0.5) is 24.8 Å². The molecule has 1 unspecified atom stereocenters. The van der Waals surface area contributed by atoms with E-state index in [0.717, 1.165) is 17.8 Å². The molecule has 0 radical (unpaired) electrons. The number of nitrogens with two attached hydrogens (primary N) is 1. The minimum Gasteiger partial charge on any atom is -0.383 e. The molecule has 1 aliphatic rings. The number of nitrogen functional groups attached to an aromatic ring is 1. The number of alkyl halides is 3. The third-order valence-electron chi connectivity index (χ3n) is 5.73. The van der Waals surface area contributed by atoms with E-state index < -0.39 is 23.1 Å². The average Bonchev–Trinajstić information content (AvgIpc) is 3.35. The molecule has 4 aromatic heterocycles. The van der Waals surface area contributed by atoms with Gasteiger partial charge in [-0.25, -0.2) is 19.9 Å². The summed E-state index contributed by atoms with van der Waals surface area (Å²) in [6.07, 6.45) is 1.90. The maximum absolute atomic E-state index is 13.0. The quantitative estimate of drug-likeness (QED) is 0.488. The van der Waals surface area contributed by atoms with Crippen LogP contribution in [0.2, 0.25) is 0 Å². The Hall–Kier alpha value is -4.09. The lowest BCUT2D eigenvalue weighted by Gasteiger charge is -2.22. The number of nitrogens with zero attached hydrogens (tertiary/aromatic N) is 6. The first-order valence-corrected chi connectivity index (χ1v) is 9.99. The summed E-state index contributed by atoms with van der Waals surface area (Å²) in [5, 5.41) is 2.66. The van der Waals surface area contributed by atoms with Crippen LogP contribution in [0.15, 0.2) is 36.9 Å². The molecule has 9 nitrogen and oxygen atoms in total. The summed E-state index contributed by atoms with van der Waals surface area (Å²) in [5.41, 5.74) is 6.11. The van der Waals surface area contributed by atoms with Crippen molar-refractivity contribution in [2.75, 3.05) is 11.1 Å². The van der Waals surface area contributed by atoms with Crippen LogP contribution < -0.4 is 11.1 Å². The Labute approximate surface area is 184 Å². The van der Waals surface area contributed by atoms with Crippen molar-refractivity contribution in [3.8, 4) is 11.5 Å². The van der Waals surface area contributed by atoms with Crippen LogP contribution in [-0.2, 0) is 22.8 Å². The minimum atomic E-state index is -4.54. The number of pyridine rings is 1. The van der Waals surface area contributed by atoms with Crippen molar-refractivity contribution in [3.63, 3.8) is 0 Å². The van der Waals surface area contributed by atoms with Gasteiger partial charge in [0.1, 0.15) is 22.7 Å². The van der Waals surface area contributed by atoms with Crippen molar-refractivity contribution >= 4 is 23.2 Å². The normalized spacial score (nSPS) is 17.9. The van der Waals surface area contributed by atoms with E-state index in [9.17, 15) is 18.0 Å². The molecule has 4 aromatic rings. The van der Waals surface area contributed by atoms with E-state index in [4.69, 9.17) is 5.73 Å². The molecule has 0 saturated heterocycles. The number of hydrogen-bond acceptors (Lipinski definition) is 7. The maximum Gasteiger partial charge on any atom is 0.417 e. The third-order valence-corrected chi connectivity index (χ3v) is 5.73. The molecule has 12 heteroatoms. The first kappa shape index (κ1) is 20.8. The zero-order valence-corrected chi connectivity index (χ0v) is 17.5. The molecule has 0 saturated carbocycles. The fourth-order valence-corrected chi connectivity index (χ4v) is 3.97. The number of rotatable bonds is 3. The van der Waals surface area contributed by atoms with Gasteiger partial charge in [-0.3, -0.25) is 9.78 Å². The molecule has 1 aliphatic heterocycles. The van der Waals surface area contributed by atoms with Gasteiger partial charge in [0.25, 0.3) is 0 Å². The van der Waals surface area contributed by atoms with E-state index >= 15 is 0 Å². The molecule has 168 valence electrons. The smallest absolute Gasteiger partial charge is 0.383 e. The molecule has 5 heterocycles. The first-order valence-electron chi connectivity index (χ1n) is 9.99. The number of fused-ring (bicyclic) bond motifs is 2. The van der Waals surface area contributed by atoms with Crippen LogP contribution in [0, 0.1) is 0 Å². The van der Waals surface area contributed by atoms with Crippen molar-refractivity contribution in [1.82, 2.24) is 29.3 Å². The highest BCUT2D eigenvalue weighted by molar-refractivity contribution is 6.08. The van der Waals surface area contributed by atoms with Gasteiger partial charge in [0.2, 0.25) is 5.91 Å². The van der Waals surface area contributed by atoms with Crippen LogP contribution in [0.1, 0.15) is 36.4 Å². The summed E-state index contributed by atoms with van der Waals surface area (Å²) in [7, 11) is 0. The highest BCUT2D eigenvalue weighted by Gasteiger charge is 2.49. The largest absolute Gasteiger partial charge is 0.417 e. The summed E-state index contributed by atoms with van der Waals surface area (Å²) >= 11 is 0. The molecule has 1 amide bonds. The molecular weight excluding hydrogens is 437 g/mol. The molecule has 5 rings (SSSR count). The summed E-state index contributed by atoms with van der Waals surface area (Å²) < 4.78 is 40.6. The van der Waals surface area contributed by atoms with Gasteiger partial charge in [-0.05, 0) is 25.5 Å². The molecule has 33 heavy (non-hydrogen) atoms. The van der Waals surface area contributed by atoms with E-state index in [0.29, 0.717) is 24.0 Å². The number of aromatic nitrogens is 6. The number of anilines is 2. The van der Waals surface area contributed by atoms with Gasteiger partial charge in [-0.15, -0.1) is 0 Å². The molecule has 0 fully saturated rings. The van der Waals surface area contributed by atoms with Gasteiger partial charge in [-0.2, -0.15) is 13.2 Å². The Morgan fingerprint density at radius 3 is 2.64 bits per heavy atom. The van der Waals surface area contributed by atoms with Crippen molar-refractivity contribution < 1.29 is 18.0 Å². The lowest BCUT2D eigenvalue weighted by molar-refractivity contribution is -0.137. The molecular formula is C21H17F3N8O. The first-order chi connectivity index (χ1) is 15.6. The topological polar surface area (TPSA) is 124 Å². The van der Waals surface area contributed by atoms with Crippen LogP contribution in [0.3, 0.4) is 0 Å². The predicted octanol–water partition coefficient (Wildman–Crippen LogP) is 3.00. The number of carbonyl (C=O) groups is 1. The second-order valence-electron chi connectivity index (χ2n) is 7.75. The van der Waals surface area contributed by atoms with Gasteiger partial charge in [0.15, 0.2) is 11.5 Å². The second kappa shape index (κ2) is 6.95. The predicted molar refractivity (Wildman–Crippen MR) is 112 cm³/mol. The van der Waals surface area contributed by atoms with Crippen molar-refractivity contribution in [2.24, 2.45) is 0 Å².